The molecule has 0 spiro atoms. The quantitative estimate of drug-likeness (QED) is 0.927. The Labute approximate surface area is 130 Å². The van der Waals surface area contributed by atoms with Crippen LogP contribution in [0.15, 0.2) is 11.4 Å². The van der Waals surface area contributed by atoms with Crippen LogP contribution in [0.4, 0.5) is 0 Å². The summed E-state index contributed by atoms with van der Waals surface area (Å²) in [6, 6.07) is 2.28. The third-order valence-electron chi connectivity index (χ3n) is 4.72. The average molecular weight is 308 g/mol. The predicted molar refractivity (Wildman–Crippen MR) is 84.3 cm³/mol. The molecule has 21 heavy (non-hydrogen) atoms. The molecule has 2 unspecified atom stereocenters. The Kier molecular flexibility index (Phi) is 4.62. The van der Waals surface area contributed by atoms with Gasteiger partial charge in [0.1, 0.15) is 0 Å². The maximum absolute atomic E-state index is 12.6. The lowest BCUT2D eigenvalue weighted by molar-refractivity contribution is -0.135. The molecule has 2 aliphatic heterocycles. The van der Waals surface area contributed by atoms with Crippen LogP contribution in [0.5, 0.6) is 0 Å². The number of amides is 1. The third-order valence-corrected chi connectivity index (χ3v) is 5.74. The van der Waals surface area contributed by atoms with Gasteiger partial charge in [-0.15, -0.1) is 11.3 Å². The molecule has 3 heterocycles. The van der Waals surface area contributed by atoms with E-state index in [2.05, 4.69) is 16.3 Å². The summed E-state index contributed by atoms with van der Waals surface area (Å²) < 4.78 is 0. The van der Waals surface area contributed by atoms with Gasteiger partial charge in [0.25, 0.3) is 0 Å². The number of rotatable bonds is 3. The first-order valence-electron chi connectivity index (χ1n) is 7.90. The molecular formula is C16H24N2O2S. The van der Waals surface area contributed by atoms with Crippen LogP contribution in [-0.2, 0) is 17.8 Å². The van der Waals surface area contributed by atoms with Gasteiger partial charge >= 0.3 is 0 Å². The molecule has 116 valence electrons. The van der Waals surface area contributed by atoms with Crippen LogP contribution in [0.1, 0.15) is 36.6 Å². The number of thiophene rings is 1. The molecule has 1 aromatic heterocycles. The minimum absolute atomic E-state index is 0.143. The van der Waals surface area contributed by atoms with Crippen molar-refractivity contribution in [3.05, 3.63) is 21.9 Å². The molecule has 3 rings (SSSR count). The summed E-state index contributed by atoms with van der Waals surface area (Å²) in [7, 11) is 0. The third kappa shape index (κ3) is 3.30. The second-order valence-electron chi connectivity index (χ2n) is 6.21. The number of likely N-dealkylation sites (tertiary alicyclic amines) is 1. The molecule has 0 bridgehead atoms. The summed E-state index contributed by atoms with van der Waals surface area (Å²) in [5.74, 6) is 0.208. The van der Waals surface area contributed by atoms with Crippen LogP contribution in [0.3, 0.4) is 0 Å². The van der Waals surface area contributed by atoms with Gasteiger partial charge in [-0.2, -0.15) is 0 Å². The molecule has 1 N–H and O–H groups in total. The van der Waals surface area contributed by atoms with Gasteiger partial charge in [-0.1, -0.05) is 6.42 Å². The van der Waals surface area contributed by atoms with E-state index in [0.717, 1.165) is 45.3 Å². The zero-order valence-corrected chi connectivity index (χ0v) is 13.4. The Balaban J connectivity index is 1.61. The van der Waals surface area contributed by atoms with Crippen molar-refractivity contribution >= 4 is 17.2 Å². The van der Waals surface area contributed by atoms with E-state index in [1.54, 1.807) is 11.3 Å². The van der Waals surface area contributed by atoms with Crippen LogP contribution in [0, 0.1) is 0 Å². The van der Waals surface area contributed by atoms with E-state index >= 15 is 0 Å². The Morgan fingerprint density at radius 1 is 1.48 bits per heavy atom. The minimum Gasteiger partial charge on any atom is -0.392 e. The Morgan fingerprint density at radius 3 is 3.14 bits per heavy atom. The fourth-order valence-electron chi connectivity index (χ4n) is 3.49. The van der Waals surface area contributed by atoms with E-state index in [-0.39, 0.29) is 18.1 Å². The number of carbonyl (C=O) groups excluding carboxylic acids is 1. The molecular weight excluding hydrogens is 284 g/mol. The van der Waals surface area contributed by atoms with Crippen LogP contribution in [-0.4, -0.2) is 52.6 Å². The van der Waals surface area contributed by atoms with Crippen LogP contribution in [0.25, 0.3) is 0 Å². The average Bonchev–Trinajstić information content (AvgIpc) is 2.94. The lowest BCUT2D eigenvalue weighted by Gasteiger charge is -2.38. The van der Waals surface area contributed by atoms with Gasteiger partial charge in [0.05, 0.1) is 12.6 Å². The highest BCUT2D eigenvalue weighted by Gasteiger charge is 2.30. The molecule has 5 heteroatoms. The van der Waals surface area contributed by atoms with Gasteiger partial charge < -0.3 is 10.0 Å². The van der Waals surface area contributed by atoms with Crippen molar-refractivity contribution in [2.24, 2.45) is 0 Å². The number of hydrogen-bond donors (Lipinski definition) is 1. The van der Waals surface area contributed by atoms with Crippen LogP contribution >= 0.6 is 11.3 Å². The van der Waals surface area contributed by atoms with E-state index in [4.69, 9.17) is 0 Å². The Hall–Kier alpha value is -0.910. The second kappa shape index (κ2) is 6.46. The lowest BCUT2D eigenvalue weighted by Crippen LogP contribution is -2.51. The number of fused-ring (bicyclic) bond motifs is 1. The fraction of sp³-hybridized carbons (Fsp3) is 0.688. The van der Waals surface area contributed by atoms with Crippen molar-refractivity contribution in [3.8, 4) is 0 Å². The van der Waals surface area contributed by atoms with E-state index in [1.807, 2.05) is 11.8 Å². The van der Waals surface area contributed by atoms with Crippen molar-refractivity contribution in [1.29, 1.82) is 0 Å². The molecule has 2 atom stereocenters. The van der Waals surface area contributed by atoms with Gasteiger partial charge in [0, 0.05) is 24.0 Å². The monoisotopic (exact) mass is 308 g/mol. The topological polar surface area (TPSA) is 43.8 Å². The van der Waals surface area contributed by atoms with Crippen LogP contribution < -0.4 is 0 Å². The second-order valence-corrected chi connectivity index (χ2v) is 7.21. The van der Waals surface area contributed by atoms with Gasteiger partial charge in [0.2, 0.25) is 5.91 Å². The molecule has 0 radical (unpaired) electrons. The molecule has 1 amide bonds. The molecule has 1 fully saturated rings. The largest absolute Gasteiger partial charge is 0.392 e. The zero-order chi connectivity index (χ0) is 14.8. The van der Waals surface area contributed by atoms with Crippen molar-refractivity contribution in [1.82, 2.24) is 9.80 Å². The normalized spacial score (nSPS) is 24.7. The molecule has 4 nitrogen and oxygen atoms in total. The van der Waals surface area contributed by atoms with Crippen molar-refractivity contribution in [2.75, 3.05) is 19.6 Å². The van der Waals surface area contributed by atoms with Crippen molar-refractivity contribution < 1.29 is 9.90 Å². The summed E-state index contributed by atoms with van der Waals surface area (Å²) in [5.41, 5.74) is 1.31. The zero-order valence-electron chi connectivity index (χ0n) is 12.6. The summed E-state index contributed by atoms with van der Waals surface area (Å²) in [6.07, 6.45) is 3.91. The number of piperidine rings is 1. The number of hydrogen-bond acceptors (Lipinski definition) is 4. The van der Waals surface area contributed by atoms with Gasteiger partial charge in [0.15, 0.2) is 0 Å². The van der Waals surface area contributed by atoms with E-state index in [1.165, 1.54) is 10.4 Å². The molecule has 0 aromatic carbocycles. The summed E-state index contributed by atoms with van der Waals surface area (Å²) in [4.78, 5) is 18.2. The van der Waals surface area contributed by atoms with E-state index in [0.29, 0.717) is 6.54 Å². The van der Waals surface area contributed by atoms with E-state index in [9.17, 15) is 9.90 Å². The van der Waals surface area contributed by atoms with E-state index < -0.39 is 0 Å². The summed E-state index contributed by atoms with van der Waals surface area (Å²) >= 11 is 1.80. The molecule has 2 aliphatic rings. The molecule has 1 saturated heterocycles. The maximum atomic E-state index is 12.6. The first-order valence-corrected chi connectivity index (χ1v) is 8.78. The summed E-state index contributed by atoms with van der Waals surface area (Å²) in [5, 5.41) is 12.0. The number of nitrogens with zero attached hydrogens (tertiary/aromatic N) is 2. The fourth-order valence-corrected chi connectivity index (χ4v) is 4.38. The predicted octanol–water partition coefficient (Wildman–Crippen LogP) is 1.87. The first kappa shape index (κ1) is 15.0. The highest BCUT2D eigenvalue weighted by atomic mass is 32.1. The number of carbonyl (C=O) groups is 1. The van der Waals surface area contributed by atoms with Crippen molar-refractivity contribution in [3.63, 3.8) is 0 Å². The minimum atomic E-state index is -0.358. The first-order chi connectivity index (χ1) is 10.1. The van der Waals surface area contributed by atoms with Crippen LogP contribution in [0.2, 0.25) is 0 Å². The Bertz CT molecular complexity index is 500. The summed E-state index contributed by atoms with van der Waals surface area (Å²) in [6.45, 7) is 4.81. The lowest BCUT2D eigenvalue weighted by atomic mass is 9.98. The molecule has 1 aromatic rings. The number of aliphatic hydroxyl groups is 1. The maximum Gasteiger partial charge on any atom is 0.237 e. The van der Waals surface area contributed by atoms with Gasteiger partial charge in [-0.25, -0.2) is 0 Å². The molecule has 0 saturated carbocycles. The number of aliphatic hydroxyl groups excluding tert-OH is 1. The highest BCUT2D eigenvalue weighted by molar-refractivity contribution is 7.10. The highest BCUT2D eigenvalue weighted by Crippen LogP contribution is 2.25. The van der Waals surface area contributed by atoms with Gasteiger partial charge in [-0.05, 0) is 49.7 Å². The Morgan fingerprint density at radius 2 is 2.33 bits per heavy atom. The van der Waals surface area contributed by atoms with Gasteiger partial charge in [-0.3, -0.25) is 9.69 Å². The van der Waals surface area contributed by atoms with Crippen molar-refractivity contribution in [2.45, 2.75) is 51.3 Å². The SMILES string of the molecule is CC(O)C1CCCCN1CC(=O)N1CCc2sccc2C1. The molecule has 0 aliphatic carbocycles. The smallest absolute Gasteiger partial charge is 0.237 e. The standard InChI is InChI=1S/C16H24N2O2S/c1-12(19)14-4-2-3-7-17(14)11-16(20)18-8-5-15-13(10-18)6-9-21-15/h6,9,12,14,19H,2-5,7-8,10-11H2,1H3.